The summed E-state index contributed by atoms with van der Waals surface area (Å²) in [5, 5.41) is 0. The van der Waals surface area contributed by atoms with E-state index in [0.717, 1.165) is 11.6 Å². The van der Waals surface area contributed by atoms with Crippen molar-refractivity contribution in [3.05, 3.63) is 24.3 Å². The number of aryl methyl sites for hydroxylation is 1. The minimum Gasteiger partial charge on any atom is -0.261 e. The van der Waals surface area contributed by atoms with Gasteiger partial charge in [-0.25, -0.2) is 0 Å². The first-order chi connectivity index (χ1) is 5.13. The van der Waals surface area contributed by atoms with Gasteiger partial charge in [-0.05, 0) is 12.8 Å². The molecule has 0 unspecified atom stereocenters. The SMILES string of the molecule is CC(C)C.Cc1cnccn1. The highest BCUT2D eigenvalue weighted by atomic mass is 14.7. The van der Waals surface area contributed by atoms with E-state index in [9.17, 15) is 0 Å². The third-order valence-electron chi connectivity index (χ3n) is 0.692. The van der Waals surface area contributed by atoms with Crippen molar-refractivity contribution in [3.8, 4) is 0 Å². The lowest BCUT2D eigenvalue weighted by molar-refractivity contribution is 0.737. The molecule has 0 bridgehead atoms. The molecule has 0 amide bonds. The van der Waals surface area contributed by atoms with Gasteiger partial charge in [0, 0.05) is 18.6 Å². The van der Waals surface area contributed by atoms with Crippen molar-refractivity contribution in [2.45, 2.75) is 27.7 Å². The van der Waals surface area contributed by atoms with Crippen LogP contribution in [0, 0.1) is 12.8 Å². The largest absolute Gasteiger partial charge is 0.261 e. The second-order valence-electron chi connectivity index (χ2n) is 3.08. The van der Waals surface area contributed by atoms with Crippen LogP contribution in [0.5, 0.6) is 0 Å². The van der Waals surface area contributed by atoms with Gasteiger partial charge in [0.25, 0.3) is 0 Å². The van der Waals surface area contributed by atoms with Gasteiger partial charge in [-0.1, -0.05) is 20.8 Å². The molecule has 0 saturated heterocycles. The number of nitrogens with zero attached hydrogens (tertiary/aromatic N) is 2. The predicted molar refractivity (Wildman–Crippen MR) is 47.3 cm³/mol. The molecule has 0 saturated carbocycles. The second kappa shape index (κ2) is 5.83. The van der Waals surface area contributed by atoms with E-state index in [1.54, 1.807) is 18.6 Å². The fourth-order valence-electron chi connectivity index (χ4n) is 0.374. The summed E-state index contributed by atoms with van der Waals surface area (Å²) in [6.45, 7) is 8.41. The Morgan fingerprint density at radius 2 is 1.73 bits per heavy atom. The highest BCUT2D eigenvalue weighted by Crippen LogP contribution is 1.81. The van der Waals surface area contributed by atoms with Crippen molar-refractivity contribution in [2.24, 2.45) is 5.92 Å². The molecular formula is C9H16N2. The first-order valence-electron chi connectivity index (χ1n) is 3.85. The zero-order chi connectivity index (χ0) is 8.69. The molecule has 2 nitrogen and oxygen atoms in total. The summed E-state index contributed by atoms with van der Waals surface area (Å²) >= 11 is 0. The standard InChI is InChI=1S/C5H6N2.C4H10/c1-5-4-6-2-3-7-5;1-4(2)3/h2-4H,1H3;4H,1-3H3. The Bertz CT molecular complexity index is 167. The Kier molecular flexibility index (Phi) is 5.35. The maximum absolute atomic E-state index is 3.92. The van der Waals surface area contributed by atoms with Gasteiger partial charge >= 0.3 is 0 Å². The highest BCUT2D eigenvalue weighted by molar-refractivity contribution is 4.88. The fourth-order valence-corrected chi connectivity index (χ4v) is 0.374. The topological polar surface area (TPSA) is 25.8 Å². The zero-order valence-corrected chi connectivity index (χ0v) is 7.70. The molecule has 11 heavy (non-hydrogen) atoms. The van der Waals surface area contributed by atoms with Gasteiger partial charge < -0.3 is 0 Å². The first-order valence-corrected chi connectivity index (χ1v) is 3.85. The van der Waals surface area contributed by atoms with Crippen LogP contribution in [0.4, 0.5) is 0 Å². The molecule has 0 spiro atoms. The van der Waals surface area contributed by atoms with Gasteiger partial charge in [0.15, 0.2) is 0 Å². The molecule has 62 valence electrons. The maximum Gasteiger partial charge on any atom is 0.0555 e. The summed E-state index contributed by atoms with van der Waals surface area (Å²) in [7, 11) is 0. The van der Waals surface area contributed by atoms with Gasteiger partial charge in [-0.3, -0.25) is 9.97 Å². The minimum atomic E-state index is 0.833. The molecule has 0 aromatic carbocycles. The van der Waals surface area contributed by atoms with Gasteiger partial charge in [-0.15, -0.1) is 0 Å². The van der Waals surface area contributed by atoms with E-state index >= 15 is 0 Å². The van der Waals surface area contributed by atoms with E-state index in [2.05, 4.69) is 30.7 Å². The molecule has 1 rings (SSSR count). The van der Waals surface area contributed by atoms with Crippen LogP contribution in [0.25, 0.3) is 0 Å². The Morgan fingerprint density at radius 3 is 1.91 bits per heavy atom. The lowest BCUT2D eigenvalue weighted by Gasteiger charge is -1.81. The fraction of sp³-hybridized carbons (Fsp3) is 0.556. The number of hydrogen-bond acceptors (Lipinski definition) is 2. The van der Waals surface area contributed by atoms with E-state index in [4.69, 9.17) is 0 Å². The zero-order valence-electron chi connectivity index (χ0n) is 7.70. The van der Waals surface area contributed by atoms with E-state index < -0.39 is 0 Å². The van der Waals surface area contributed by atoms with Crippen LogP contribution in [-0.2, 0) is 0 Å². The van der Waals surface area contributed by atoms with Crippen LogP contribution in [0.15, 0.2) is 18.6 Å². The van der Waals surface area contributed by atoms with Crippen molar-refractivity contribution >= 4 is 0 Å². The molecule has 2 heteroatoms. The van der Waals surface area contributed by atoms with E-state index in [-0.39, 0.29) is 0 Å². The van der Waals surface area contributed by atoms with E-state index in [1.807, 2.05) is 6.92 Å². The summed E-state index contributed by atoms with van der Waals surface area (Å²) < 4.78 is 0. The third kappa shape index (κ3) is 9.08. The van der Waals surface area contributed by atoms with Crippen LogP contribution >= 0.6 is 0 Å². The van der Waals surface area contributed by atoms with Crippen LogP contribution in [0.2, 0.25) is 0 Å². The van der Waals surface area contributed by atoms with Gasteiger partial charge in [0.2, 0.25) is 0 Å². The molecular weight excluding hydrogens is 136 g/mol. The normalized spacial score (nSPS) is 8.82. The van der Waals surface area contributed by atoms with Crippen molar-refractivity contribution in [2.75, 3.05) is 0 Å². The first kappa shape index (κ1) is 10.1. The Balaban J connectivity index is 0.000000218. The molecule has 1 aromatic heterocycles. The molecule has 1 aromatic rings. The summed E-state index contributed by atoms with van der Waals surface area (Å²) in [5.74, 6) is 0.833. The molecule has 0 atom stereocenters. The van der Waals surface area contributed by atoms with Gasteiger partial charge in [-0.2, -0.15) is 0 Å². The summed E-state index contributed by atoms with van der Waals surface area (Å²) in [6, 6.07) is 0. The lowest BCUT2D eigenvalue weighted by atomic mass is 10.3. The van der Waals surface area contributed by atoms with Crippen LogP contribution in [0.1, 0.15) is 26.5 Å². The number of hydrogen-bond donors (Lipinski definition) is 0. The third-order valence-corrected chi connectivity index (χ3v) is 0.692. The monoisotopic (exact) mass is 152 g/mol. The Labute approximate surface area is 68.7 Å². The quantitative estimate of drug-likeness (QED) is 0.570. The molecule has 0 aliphatic carbocycles. The number of rotatable bonds is 0. The molecule has 0 fully saturated rings. The van der Waals surface area contributed by atoms with Gasteiger partial charge in [0.1, 0.15) is 0 Å². The summed E-state index contributed by atoms with van der Waals surface area (Å²) in [6.07, 6.45) is 5.06. The van der Waals surface area contributed by atoms with E-state index in [0.29, 0.717) is 0 Å². The average molecular weight is 152 g/mol. The second-order valence-corrected chi connectivity index (χ2v) is 3.08. The van der Waals surface area contributed by atoms with Crippen LogP contribution in [0.3, 0.4) is 0 Å². The summed E-state index contributed by atoms with van der Waals surface area (Å²) in [4.78, 5) is 7.74. The number of aromatic nitrogens is 2. The molecule has 0 N–H and O–H groups in total. The van der Waals surface area contributed by atoms with Crippen molar-refractivity contribution in [1.29, 1.82) is 0 Å². The molecule has 0 aliphatic rings. The van der Waals surface area contributed by atoms with Gasteiger partial charge in [0.05, 0.1) is 5.69 Å². The smallest absolute Gasteiger partial charge is 0.0555 e. The Morgan fingerprint density at radius 1 is 1.18 bits per heavy atom. The minimum absolute atomic E-state index is 0.833. The predicted octanol–water partition coefficient (Wildman–Crippen LogP) is 2.45. The van der Waals surface area contributed by atoms with Crippen LogP contribution < -0.4 is 0 Å². The maximum atomic E-state index is 3.92. The van der Waals surface area contributed by atoms with Crippen molar-refractivity contribution in [1.82, 2.24) is 9.97 Å². The average Bonchev–Trinajstić information content (AvgIpc) is 1.87. The van der Waals surface area contributed by atoms with Crippen molar-refractivity contribution < 1.29 is 0 Å². The molecule has 0 aliphatic heterocycles. The van der Waals surface area contributed by atoms with Crippen LogP contribution in [-0.4, -0.2) is 9.97 Å². The van der Waals surface area contributed by atoms with E-state index in [1.165, 1.54) is 0 Å². The lowest BCUT2D eigenvalue weighted by Crippen LogP contribution is -1.77. The molecule has 0 radical (unpaired) electrons. The Hall–Kier alpha value is -0.920. The summed E-state index contributed by atoms with van der Waals surface area (Å²) in [5.41, 5.74) is 0.961. The molecule has 1 heterocycles. The highest BCUT2D eigenvalue weighted by Gasteiger charge is 1.74. The van der Waals surface area contributed by atoms with Crippen molar-refractivity contribution in [3.63, 3.8) is 0 Å².